The van der Waals surface area contributed by atoms with E-state index in [1.54, 1.807) is 4.31 Å². The van der Waals surface area contributed by atoms with Gasteiger partial charge in [0.1, 0.15) is 0 Å². The fourth-order valence-electron chi connectivity index (χ4n) is 1.61. The Balaban J connectivity index is 2.42. The maximum absolute atomic E-state index is 12.0. The van der Waals surface area contributed by atoms with E-state index in [1.807, 2.05) is 13.8 Å². The normalized spacial score (nSPS) is 19.9. The van der Waals surface area contributed by atoms with Crippen LogP contribution in [0.25, 0.3) is 0 Å². The third kappa shape index (κ3) is 4.78. The molecule has 6 heteroatoms. The first-order chi connectivity index (χ1) is 7.52. The van der Waals surface area contributed by atoms with Gasteiger partial charge >= 0.3 is 0 Å². The van der Waals surface area contributed by atoms with Gasteiger partial charge < -0.3 is 10.1 Å². The van der Waals surface area contributed by atoms with E-state index >= 15 is 0 Å². The van der Waals surface area contributed by atoms with Crippen LogP contribution in [-0.2, 0) is 14.8 Å². The van der Waals surface area contributed by atoms with Crippen LogP contribution in [0.2, 0.25) is 0 Å². The quantitative estimate of drug-likeness (QED) is 0.748. The van der Waals surface area contributed by atoms with Crippen molar-refractivity contribution in [3.05, 3.63) is 0 Å². The molecule has 1 heterocycles. The minimum absolute atomic E-state index is 0.172. The zero-order valence-corrected chi connectivity index (χ0v) is 10.9. The Morgan fingerprint density at radius 1 is 1.31 bits per heavy atom. The van der Waals surface area contributed by atoms with Crippen LogP contribution < -0.4 is 5.32 Å². The van der Waals surface area contributed by atoms with Gasteiger partial charge in [0.05, 0.1) is 12.4 Å². The number of nitrogens with zero attached hydrogens (tertiary/aromatic N) is 1. The van der Waals surface area contributed by atoms with E-state index < -0.39 is 10.0 Å². The molecule has 0 amide bonds. The van der Waals surface area contributed by atoms with Crippen molar-refractivity contribution in [2.75, 3.05) is 38.6 Å². The molecule has 0 atom stereocenters. The van der Waals surface area contributed by atoms with Gasteiger partial charge in [-0.3, -0.25) is 0 Å². The highest BCUT2D eigenvalue weighted by molar-refractivity contribution is 7.89. The van der Waals surface area contributed by atoms with Crippen LogP contribution in [0.15, 0.2) is 0 Å². The summed E-state index contributed by atoms with van der Waals surface area (Å²) in [5, 5.41) is 3.12. The van der Waals surface area contributed by atoms with Gasteiger partial charge in [-0.25, -0.2) is 8.42 Å². The van der Waals surface area contributed by atoms with Crippen molar-refractivity contribution in [2.45, 2.75) is 26.3 Å². The molecule has 0 aromatic carbocycles. The summed E-state index contributed by atoms with van der Waals surface area (Å²) in [6.07, 6.45) is 0.789. The van der Waals surface area contributed by atoms with E-state index in [0.717, 1.165) is 6.42 Å². The molecule has 1 rings (SSSR count). The first-order valence-electron chi connectivity index (χ1n) is 5.81. The molecule has 0 aromatic rings. The Kier molecular flexibility index (Phi) is 5.68. The topological polar surface area (TPSA) is 58.6 Å². The van der Waals surface area contributed by atoms with Crippen LogP contribution in [0.1, 0.15) is 20.3 Å². The molecule has 1 N–H and O–H groups in total. The van der Waals surface area contributed by atoms with Crippen molar-refractivity contribution >= 4 is 10.0 Å². The number of nitrogens with one attached hydrogen (secondary N) is 1. The molecule has 1 fully saturated rings. The molecule has 1 aliphatic rings. The van der Waals surface area contributed by atoms with Crippen molar-refractivity contribution in [1.82, 2.24) is 9.62 Å². The van der Waals surface area contributed by atoms with E-state index in [0.29, 0.717) is 38.9 Å². The molecule has 96 valence electrons. The standard InChI is InChI=1S/C10H22N2O3S/c1-10(2)11-4-9-16(13,14)12-5-3-7-15-8-6-12/h10-11H,3-9H2,1-2H3. The number of hydrogen-bond acceptors (Lipinski definition) is 4. The molecule has 0 saturated carbocycles. The smallest absolute Gasteiger partial charge is 0.215 e. The van der Waals surface area contributed by atoms with Gasteiger partial charge in [0.2, 0.25) is 10.0 Å². The van der Waals surface area contributed by atoms with Gasteiger partial charge in [-0.2, -0.15) is 4.31 Å². The summed E-state index contributed by atoms with van der Waals surface area (Å²) in [6.45, 7) is 6.78. The first-order valence-corrected chi connectivity index (χ1v) is 7.42. The molecule has 0 bridgehead atoms. The molecule has 0 spiro atoms. The fraction of sp³-hybridized carbons (Fsp3) is 1.00. The summed E-state index contributed by atoms with van der Waals surface area (Å²) in [7, 11) is -3.11. The predicted molar refractivity (Wildman–Crippen MR) is 63.9 cm³/mol. The molecular formula is C10H22N2O3S. The van der Waals surface area contributed by atoms with Gasteiger partial charge in [0.25, 0.3) is 0 Å². The van der Waals surface area contributed by atoms with E-state index in [1.165, 1.54) is 0 Å². The fourth-order valence-corrected chi connectivity index (χ4v) is 3.00. The second-order valence-corrected chi connectivity index (χ2v) is 6.38. The summed E-state index contributed by atoms with van der Waals surface area (Å²) in [5.74, 6) is 0.172. The average Bonchev–Trinajstić information content (AvgIpc) is 2.44. The zero-order valence-electron chi connectivity index (χ0n) is 10.1. The highest BCUT2D eigenvalue weighted by Gasteiger charge is 2.22. The zero-order chi connectivity index (χ0) is 12.0. The van der Waals surface area contributed by atoms with E-state index in [4.69, 9.17) is 4.74 Å². The predicted octanol–water partition coefficient (Wildman–Crippen LogP) is 0.0365. The molecule has 1 saturated heterocycles. The highest BCUT2D eigenvalue weighted by Crippen LogP contribution is 2.06. The highest BCUT2D eigenvalue weighted by atomic mass is 32.2. The Hall–Kier alpha value is -0.170. The lowest BCUT2D eigenvalue weighted by Gasteiger charge is -2.19. The molecule has 1 aliphatic heterocycles. The molecule has 0 aliphatic carbocycles. The monoisotopic (exact) mass is 250 g/mol. The minimum atomic E-state index is -3.11. The Morgan fingerprint density at radius 2 is 2.06 bits per heavy atom. The van der Waals surface area contributed by atoms with Crippen LogP contribution >= 0.6 is 0 Å². The first kappa shape index (κ1) is 13.9. The third-order valence-corrected chi connectivity index (χ3v) is 4.36. The number of sulfonamides is 1. The Labute approximate surface area is 98.2 Å². The number of ether oxygens (including phenoxy) is 1. The van der Waals surface area contributed by atoms with Gasteiger partial charge in [0, 0.05) is 32.3 Å². The third-order valence-electron chi connectivity index (χ3n) is 2.49. The lowest BCUT2D eigenvalue weighted by molar-refractivity contribution is 0.148. The number of rotatable bonds is 5. The van der Waals surface area contributed by atoms with Gasteiger partial charge in [-0.05, 0) is 6.42 Å². The van der Waals surface area contributed by atoms with Crippen molar-refractivity contribution in [2.24, 2.45) is 0 Å². The van der Waals surface area contributed by atoms with Crippen LogP contribution in [0.5, 0.6) is 0 Å². The molecule has 5 nitrogen and oxygen atoms in total. The van der Waals surface area contributed by atoms with Crippen molar-refractivity contribution < 1.29 is 13.2 Å². The molecular weight excluding hydrogens is 228 g/mol. The molecule has 0 aromatic heterocycles. The van der Waals surface area contributed by atoms with Crippen LogP contribution in [0, 0.1) is 0 Å². The SMILES string of the molecule is CC(C)NCCS(=O)(=O)N1CCCOCC1. The van der Waals surface area contributed by atoms with E-state index in [-0.39, 0.29) is 5.75 Å². The molecule has 16 heavy (non-hydrogen) atoms. The van der Waals surface area contributed by atoms with Crippen molar-refractivity contribution in [3.8, 4) is 0 Å². The maximum Gasteiger partial charge on any atom is 0.215 e. The lowest BCUT2D eigenvalue weighted by Crippen LogP contribution is -2.39. The average molecular weight is 250 g/mol. The minimum Gasteiger partial charge on any atom is -0.380 e. The summed E-state index contributed by atoms with van der Waals surface area (Å²) in [4.78, 5) is 0. The summed E-state index contributed by atoms with van der Waals surface area (Å²) in [5.41, 5.74) is 0. The van der Waals surface area contributed by atoms with E-state index in [2.05, 4.69) is 5.32 Å². The maximum atomic E-state index is 12.0. The van der Waals surface area contributed by atoms with Crippen LogP contribution in [0.3, 0.4) is 0 Å². The second kappa shape index (κ2) is 6.54. The summed E-state index contributed by atoms with van der Waals surface area (Å²) in [6, 6.07) is 0.322. The van der Waals surface area contributed by atoms with Gasteiger partial charge in [-0.1, -0.05) is 13.8 Å². The van der Waals surface area contributed by atoms with Crippen LogP contribution in [-0.4, -0.2) is 57.4 Å². The summed E-state index contributed by atoms with van der Waals surface area (Å²) >= 11 is 0. The van der Waals surface area contributed by atoms with Crippen LogP contribution in [0.4, 0.5) is 0 Å². The number of hydrogen-bond donors (Lipinski definition) is 1. The lowest BCUT2D eigenvalue weighted by atomic mass is 10.4. The Morgan fingerprint density at radius 3 is 2.75 bits per heavy atom. The molecule has 0 unspecified atom stereocenters. The van der Waals surface area contributed by atoms with Gasteiger partial charge in [0.15, 0.2) is 0 Å². The Bertz CT molecular complexity index is 282. The largest absolute Gasteiger partial charge is 0.380 e. The van der Waals surface area contributed by atoms with E-state index in [9.17, 15) is 8.42 Å². The van der Waals surface area contributed by atoms with Gasteiger partial charge in [-0.15, -0.1) is 0 Å². The molecule has 0 radical (unpaired) electrons. The second-order valence-electron chi connectivity index (χ2n) is 4.29. The van der Waals surface area contributed by atoms with Crippen molar-refractivity contribution in [3.63, 3.8) is 0 Å². The summed E-state index contributed by atoms with van der Waals surface area (Å²) < 4.78 is 30.7. The van der Waals surface area contributed by atoms with Crippen molar-refractivity contribution in [1.29, 1.82) is 0 Å².